The van der Waals surface area contributed by atoms with E-state index in [2.05, 4.69) is 16.0 Å². The minimum absolute atomic E-state index is 0.229. The van der Waals surface area contributed by atoms with Crippen molar-refractivity contribution in [2.24, 2.45) is 10.4 Å². The van der Waals surface area contributed by atoms with Crippen molar-refractivity contribution in [2.45, 2.75) is 51.0 Å². The predicted octanol–water partition coefficient (Wildman–Crippen LogP) is 6.97. The van der Waals surface area contributed by atoms with E-state index in [1.165, 1.54) is 24.3 Å². The quantitative estimate of drug-likeness (QED) is 0.224. The maximum atomic E-state index is 14.8. The first-order chi connectivity index (χ1) is 22.7. The van der Waals surface area contributed by atoms with Gasteiger partial charge in [0.25, 0.3) is 5.91 Å². The number of carbonyl (C=O) groups is 2. The van der Waals surface area contributed by atoms with Gasteiger partial charge in [-0.2, -0.15) is 0 Å². The number of amides is 1. The lowest BCUT2D eigenvalue weighted by atomic mass is 9.63. The lowest BCUT2D eigenvalue weighted by Gasteiger charge is -2.42. The second-order valence-electron chi connectivity index (χ2n) is 12.7. The number of amidine groups is 1. The topological polar surface area (TPSA) is 75.1 Å². The number of rotatable bonds is 10. The molecule has 0 N–H and O–H groups in total. The van der Waals surface area contributed by atoms with E-state index in [1.807, 2.05) is 37.3 Å². The normalized spacial score (nSPS) is 23.5. The molecule has 1 aliphatic carbocycles. The number of piperidine rings is 1. The number of aliphatic imine (C=N–C) groups is 1. The highest BCUT2D eigenvalue weighted by Gasteiger charge is 2.60. The van der Waals surface area contributed by atoms with E-state index in [0.717, 1.165) is 38.0 Å². The van der Waals surface area contributed by atoms with Crippen molar-refractivity contribution in [3.8, 4) is 0 Å². The van der Waals surface area contributed by atoms with Crippen LogP contribution in [0.25, 0.3) is 0 Å². The summed E-state index contributed by atoms with van der Waals surface area (Å²) in [4.78, 5) is 40.9. The molecule has 244 valence electrons. The zero-order chi connectivity index (χ0) is 33.0. The molecule has 1 amide bonds. The summed E-state index contributed by atoms with van der Waals surface area (Å²) in [6.07, 6.45) is 9.16. The highest BCUT2D eigenvalue weighted by molar-refractivity contribution is 6.15. The Morgan fingerprint density at radius 2 is 1.81 bits per heavy atom. The van der Waals surface area contributed by atoms with Crippen molar-refractivity contribution in [2.75, 3.05) is 32.8 Å². The van der Waals surface area contributed by atoms with Crippen LogP contribution in [0, 0.1) is 11.2 Å². The molecule has 47 heavy (non-hydrogen) atoms. The van der Waals surface area contributed by atoms with Crippen molar-refractivity contribution >= 4 is 17.7 Å². The van der Waals surface area contributed by atoms with Gasteiger partial charge in [0.1, 0.15) is 17.3 Å². The molecule has 3 aliphatic rings. The number of pyridine rings is 1. The number of ether oxygens (including phenoxy) is 1. The molecule has 1 aromatic heterocycles. The smallest absolute Gasteiger partial charge is 0.338 e. The van der Waals surface area contributed by atoms with E-state index in [-0.39, 0.29) is 24.1 Å². The molecule has 2 aliphatic heterocycles. The van der Waals surface area contributed by atoms with Crippen LogP contribution in [-0.2, 0) is 15.1 Å². The van der Waals surface area contributed by atoms with Crippen LogP contribution in [0.3, 0.4) is 0 Å². The van der Waals surface area contributed by atoms with Gasteiger partial charge in [-0.1, -0.05) is 43.3 Å². The monoisotopic (exact) mass is 638 g/mol. The number of likely N-dealkylation sites (tertiary alicyclic amines) is 1. The summed E-state index contributed by atoms with van der Waals surface area (Å²) in [5.41, 5.74) is 0.530. The summed E-state index contributed by atoms with van der Waals surface area (Å²) >= 11 is 0. The molecule has 1 fully saturated rings. The molecule has 2 aromatic carbocycles. The van der Waals surface area contributed by atoms with Crippen LogP contribution < -0.4 is 0 Å². The molecule has 0 spiro atoms. The van der Waals surface area contributed by atoms with Gasteiger partial charge in [-0.3, -0.25) is 14.7 Å². The average Bonchev–Trinajstić information content (AvgIpc) is 3.40. The third-order valence-electron chi connectivity index (χ3n) is 9.71. The Morgan fingerprint density at radius 3 is 2.49 bits per heavy atom. The van der Waals surface area contributed by atoms with Crippen molar-refractivity contribution in [1.82, 2.24) is 14.8 Å². The lowest BCUT2D eigenvalue weighted by Crippen LogP contribution is -2.51. The average molecular weight is 639 g/mol. The Morgan fingerprint density at radius 1 is 1.02 bits per heavy atom. The van der Waals surface area contributed by atoms with E-state index < -0.39 is 16.8 Å². The fourth-order valence-corrected chi connectivity index (χ4v) is 7.09. The van der Waals surface area contributed by atoms with Crippen molar-refractivity contribution in [1.29, 1.82) is 0 Å². The maximum absolute atomic E-state index is 14.8. The number of allylic oxidation sites excluding steroid dienone is 3. The number of halogens is 2. The third-order valence-corrected chi connectivity index (χ3v) is 9.71. The summed E-state index contributed by atoms with van der Waals surface area (Å²) < 4.78 is 33.5. The van der Waals surface area contributed by atoms with Crippen molar-refractivity contribution in [3.63, 3.8) is 0 Å². The number of esters is 1. The molecule has 3 aromatic rings. The van der Waals surface area contributed by atoms with Crippen LogP contribution in [0.1, 0.15) is 72.6 Å². The van der Waals surface area contributed by atoms with Crippen molar-refractivity contribution in [3.05, 3.63) is 125 Å². The molecular weight excluding hydrogens is 598 g/mol. The third kappa shape index (κ3) is 6.41. The predicted molar refractivity (Wildman–Crippen MR) is 177 cm³/mol. The zero-order valence-corrected chi connectivity index (χ0v) is 26.9. The molecule has 7 nitrogen and oxygen atoms in total. The summed E-state index contributed by atoms with van der Waals surface area (Å²) in [6, 6.07) is 19.2. The Kier molecular flexibility index (Phi) is 9.45. The van der Waals surface area contributed by atoms with Crippen LogP contribution in [0.2, 0.25) is 0 Å². The molecule has 9 heteroatoms. The first-order valence-corrected chi connectivity index (χ1v) is 16.4. The molecule has 6 rings (SSSR count). The van der Waals surface area contributed by atoms with Crippen LogP contribution in [-0.4, -0.2) is 65.3 Å². The summed E-state index contributed by atoms with van der Waals surface area (Å²) in [7, 11) is 0. The fourth-order valence-electron chi connectivity index (χ4n) is 7.09. The number of hydrogen-bond donors (Lipinski definition) is 0. The minimum Gasteiger partial charge on any atom is -0.462 e. The number of hydrogen-bond acceptors (Lipinski definition) is 6. The molecule has 0 radical (unpaired) electrons. The molecule has 2 unspecified atom stereocenters. The van der Waals surface area contributed by atoms with E-state index in [9.17, 15) is 18.4 Å². The van der Waals surface area contributed by atoms with Gasteiger partial charge in [0.15, 0.2) is 11.4 Å². The Balaban J connectivity index is 1.20. The summed E-state index contributed by atoms with van der Waals surface area (Å²) in [5.74, 6) is -0.465. The summed E-state index contributed by atoms with van der Waals surface area (Å²) in [6.45, 7) is 7.09. The number of nitrogens with zero attached hydrogens (tertiary/aromatic N) is 4. The minimum atomic E-state index is -1.43. The lowest BCUT2D eigenvalue weighted by molar-refractivity contribution is -0.135. The highest BCUT2D eigenvalue weighted by atomic mass is 19.1. The Bertz CT molecular complexity index is 1700. The van der Waals surface area contributed by atoms with Gasteiger partial charge in [-0.05, 0) is 118 Å². The number of carbonyl (C=O) groups excluding carboxylic acids is 2. The Hall–Kier alpha value is -4.50. The molecule has 0 saturated carbocycles. The van der Waals surface area contributed by atoms with Crippen LogP contribution >= 0.6 is 0 Å². The van der Waals surface area contributed by atoms with Gasteiger partial charge in [0.05, 0.1) is 12.2 Å². The number of aromatic nitrogens is 1. The molecule has 3 heterocycles. The largest absolute Gasteiger partial charge is 0.462 e. The molecular formula is C38H40F2N4O3. The maximum Gasteiger partial charge on any atom is 0.338 e. The summed E-state index contributed by atoms with van der Waals surface area (Å²) in [5, 5.41) is 0. The molecule has 2 atom stereocenters. The molecule has 1 saturated heterocycles. The van der Waals surface area contributed by atoms with Crippen LogP contribution in [0.5, 0.6) is 0 Å². The standard InChI is InChI=1S/C38H40F2N4O3/c1-3-47-35(45)29-9-6-8-28(26-29)27-17-24-43(25-18-27)22-7-23-44-34(33-10-4-5-21-41-33)42-38(36(44)46,30-11-13-31(39)14-12-30)37(2)19-15-32(40)16-20-37/h4-6,8-16,19,21,26-27H,3,7,17-18,20,22-25H2,1-2H3. The van der Waals surface area contributed by atoms with Gasteiger partial charge < -0.3 is 9.64 Å². The van der Waals surface area contributed by atoms with E-state index in [0.29, 0.717) is 48.1 Å². The first kappa shape index (κ1) is 32.4. The van der Waals surface area contributed by atoms with Gasteiger partial charge >= 0.3 is 5.97 Å². The fraction of sp³-hybridized carbons (Fsp3) is 0.368. The van der Waals surface area contributed by atoms with E-state index in [1.54, 1.807) is 42.3 Å². The van der Waals surface area contributed by atoms with E-state index >= 15 is 0 Å². The number of benzene rings is 2. The highest BCUT2D eigenvalue weighted by Crippen LogP contribution is 2.53. The van der Waals surface area contributed by atoms with Crippen LogP contribution in [0.4, 0.5) is 8.78 Å². The van der Waals surface area contributed by atoms with Crippen LogP contribution in [0.15, 0.2) is 102 Å². The van der Waals surface area contributed by atoms with Gasteiger partial charge in [0.2, 0.25) is 0 Å². The van der Waals surface area contributed by atoms with Gasteiger partial charge in [-0.25, -0.2) is 18.6 Å². The zero-order valence-electron chi connectivity index (χ0n) is 26.9. The SMILES string of the molecule is CCOC(=O)c1cccc(C2CCN(CCCN3C(=O)C(c4ccc(F)cc4)(C4(C)C=CC(F)=CC4)N=C3c3ccccn3)CC2)c1. The van der Waals surface area contributed by atoms with E-state index in [4.69, 9.17) is 9.73 Å². The van der Waals surface area contributed by atoms with Gasteiger partial charge in [-0.15, -0.1) is 0 Å². The van der Waals surface area contributed by atoms with Gasteiger partial charge in [0, 0.05) is 18.2 Å². The second-order valence-corrected chi connectivity index (χ2v) is 12.7. The first-order valence-electron chi connectivity index (χ1n) is 16.4. The Labute approximate surface area is 274 Å². The van der Waals surface area contributed by atoms with Crippen molar-refractivity contribution < 1.29 is 23.1 Å². The molecule has 0 bridgehead atoms. The second kappa shape index (κ2) is 13.7.